The zero-order valence-electron chi connectivity index (χ0n) is 11.9. The Morgan fingerprint density at radius 3 is 2.62 bits per heavy atom. The number of benzene rings is 1. The van der Waals surface area contributed by atoms with Crippen molar-refractivity contribution in [3.63, 3.8) is 0 Å². The molecule has 3 N–H and O–H groups in total. The molecule has 1 aromatic carbocycles. The zero-order valence-corrected chi connectivity index (χ0v) is 12.7. The Kier molecular flexibility index (Phi) is 4.97. The van der Waals surface area contributed by atoms with E-state index in [9.17, 15) is 18.3 Å². The largest absolute Gasteiger partial charge is 0.387 e. The van der Waals surface area contributed by atoms with Crippen LogP contribution in [0.5, 0.6) is 0 Å². The number of carbonyl (C=O) groups is 1. The van der Waals surface area contributed by atoms with Crippen molar-refractivity contribution < 1.29 is 18.3 Å². The Morgan fingerprint density at radius 1 is 1.38 bits per heavy atom. The van der Waals surface area contributed by atoms with E-state index in [0.29, 0.717) is 12.1 Å². The highest BCUT2D eigenvalue weighted by atomic mass is 32.2. The van der Waals surface area contributed by atoms with Gasteiger partial charge in [-0.1, -0.05) is 12.1 Å². The fourth-order valence-corrected chi connectivity index (χ4v) is 2.91. The fraction of sp³-hybridized carbons (Fsp3) is 0.500. The lowest BCUT2D eigenvalue weighted by Crippen LogP contribution is -2.49. The van der Waals surface area contributed by atoms with Crippen molar-refractivity contribution in [2.24, 2.45) is 0 Å². The molecule has 21 heavy (non-hydrogen) atoms. The molecule has 2 rings (SSSR count). The van der Waals surface area contributed by atoms with E-state index in [4.69, 9.17) is 0 Å². The number of amides is 1. The van der Waals surface area contributed by atoms with Gasteiger partial charge in [-0.05, 0) is 30.5 Å². The summed E-state index contributed by atoms with van der Waals surface area (Å²) in [6.45, 7) is 0.947. The first-order valence-electron chi connectivity index (χ1n) is 6.87. The van der Waals surface area contributed by atoms with Crippen molar-refractivity contribution in [1.82, 2.24) is 10.6 Å². The highest BCUT2D eigenvalue weighted by molar-refractivity contribution is 7.90. The highest BCUT2D eigenvalue weighted by Crippen LogP contribution is 2.16. The van der Waals surface area contributed by atoms with Crippen LogP contribution in [0.25, 0.3) is 0 Å². The van der Waals surface area contributed by atoms with Gasteiger partial charge >= 0.3 is 0 Å². The van der Waals surface area contributed by atoms with Gasteiger partial charge in [-0.25, -0.2) is 8.42 Å². The SMILES string of the molecule is CS(=O)(=O)c1ccc(C(O)CNC2CCCNC2=O)cc1. The smallest absolute Gasteiger partial charge is 0.237 e. The van der Waals surface area contributed by atoms with Crippen LogP contribution in [0.2, 0.25) is 0 Å². The standard InChI is InChI=1S/C14H20N2O4S/c1-21(19,20)11-6-4-10(5-7-11)13(17)9-16-12-3-2-8-15-14(12)18/h4-7,12-13,16-17H,2-3,8-9H2,1H3,(H,15,18). The number of aliphatic hydroxyl groups excluding tert-OH is 1. The van der Waals surface area contributed by atoms with E-state index in [1.54, 1.807) is 12.1 Å². The van der Waals surface area contributed by atoms with Gasteiger partial charge in [0.15, 0.2) is 9.84 Å². The van der Waals surface area contributed by atoms with Crippen LogP contribution in [0.15, 0.2) is 29.2 Å². The predicted molar refractivity (Wildman–Crippen MR) is 78.5 cm³/mol. The van der Waals surface area contributed by atoms with Crippen LogP contribution < -0.4 is 10.6 Å². The van der Waals surface area contributed by atoms with Gasteiger partial charge in [0.1, 0.15) is 0 Å². The molecule has 1 fully saturated rings. The summed E-state index contributed by atoms with van der Waals surface area (Å²) < 4.78 is 22.7. The molecule has 116 valence electrons. The molecule has 6 nitrogen and oxygen atoms in total. The first-order valence-corrected chi connectivity index (χ1v) is 8.76. The topological polar surface area (TPSA) is 95.5 Å². The maximum atomic E-state index is 11.6. The molecule has 7 heteroatoms. The average molecular weight is 312 g/mol. The number of piperidine rings is 1. The van der Waals surface area contributed by atoms with Gasteiger partial charge in [-0.2, -0.15) is 0 Å². The lowest BCUT2D eigenvalue weighted by Gasteiger charge is -2.24. The molecule has 1 heterocycles. The lowest BCUT2D eigenvalue weighted by atomic mass is 10.1. The summed E-state index contributed by atoms with van der Waals surface area (Å²) in [5.41, 5.74) is 0.617. The number of carbonyl (C=O) groups excluding carboxylic acids is 1. The number of hydrogen-bond acceptors (Lipinski definition) is 5. The Hall–Kier alpha value is -1.44. The van der Waals surface area contributed by atoms with Crippen molar-refractivity contribution in [3.8, 4) is 0 Å². The predicted octanol–water partition coefficient (Wildman–Crippen LogP) is -0.00830. The third-order valence-corrected chi connectivity index (χ3v) is 4.66. The van der Waals surface area contributed by atoms with Crippen molar-refractivity contribution in [2.45, 2.75) is 29.9 Å². The van der Waals surface area contributed by atoms with Gasteiger partial charge in [0.05, 0.1) is 17.0 Å². The maximum absolute atomic E-state index is 11.6. The summed E-state index contributed by atoms with van der Waals surface area (Å²) in [6.07, 6.45) is 2.03. The molecule has 1 aliphatic rings. The normalized spacial score (nSPS) is 20.9. The summed E-state index contributed by atoms with van der Waals surface area (Å²) in [6, 6.07) is 5.85. The van der Waals surface area contributed by atoms with Crippen LogP contribution in [-0.2, 0) is 14.6 Å². The molecule has 2 unspecified atom stereocenters. The second-order valence-electron chi connectivity index (χ2n) is 5.25. The van der Waals surface area contributed by atoms with Crippen LogP contribution in [0.3, 0.4) is 0 Å². The molecule has 1 saturated heterocycles. The minimum atomic E-state index is -3.23. The molecule has 0 spiro atoms. The molecular weight excluding hydrogens is 292 g/mol. The van der Waals surface area contributed by atoms with Gasteiger partial charge in [0.2, 0.25) is 5.91 Å². The van der Waals surface area contributed by atoms with Gasteiger partial charge in [0, 0.05) is 19.3 Å². The fourth-order valence-electron chi connectivity index (χ4n) is 2.28. The van der Waals surface area contributed by atoms with Gasteiger partial charge in [0.25, 0.3) is 0 Å². The lowest BCUT2D eigenvalue weighted by molar-refractivity contribution is -0.124. The van der Waals surface area contributed by atoms with Gasteiger partial charge in [-0.15, -0.1) is 0 Å². The number of hydrogen-bond donors (Lipinski definition) is 3. The summed E-state index contributed by atoms with van der Waals surface area (Å²) in [4.78, 5) is 11.8. The summed E-state index contributed by atoms with van der Waals surface area (Å²) in [5, 5.41) is 15.9. The highest BCUT2D eigenvalue weighted by Gasteiger charge is 2.22. The van der Waals surface area contributed by atoms with Gasteiger partial charge < -0.3 is 15.7 Å². The van der Waals surface area contributed by atoms with Crippen LogP contribution in [0.4, 0.5) is 0 Å². The van der Waals surface area contributed by atoms with Crippen LogP contribution in [-0.4, -0.2) is 44.8 Å². The molecule has 1 aliphatic heterocycles. The Labute approximate surface area is 124 Å². The van der Waals surface area contributed by atoms with E-state index in [0.717, 1.165) is 19.1 Å². The van der Waals surface area contributed by atoms with E-state index < -0.39 is 15.9 Å². The van der Waals surface area contributed by atoms with Crippen molar-refractivity contribution in [1.29, 1.82) is 0 Å². The zero-order chi connectivity index (χ0) is 15.5. The Balaban J connectivity index is 1.94. The van der Waals surface area contributed by atoms with Crippen LogP contribution in [0, 0.1) is 0 Å². The van der Waals surface area contributed by atoms with E-state index in [-0.39, 0.29) is 23.4 Å². The average Bonchev–Trinajstić information content (AvgIpc) is 2.45. The van der Waals surface area contributed by atoms with Gasteiger partial charge in [-0.3, -0.25) is 4.79 Å². The van der Waals surface area contributed by atoms with E-state index in [1.165, 1.54) is 12.1 Å². The first-order chi connectivity index (χ1) is 9.88. The molecule has 1 aromatic rings. The summed E-state index contributed by atoms with van der Waals surface area (Å²) in [5.74, 6) is -0.0409. The summed E-state index contributed by atoms with van der Waals surface area (Å²) in [7, 11) is -3.23. The van der Waals surface area contributed by atoms with Crippen LogP contribution in [0.1, 0.15) is 24.5 Å². The second-order valence-corrected chi connectivity index (χ2v) is 7.27. The minimum Gasteiger partial charge on any atom is -0.387 e. The van der Waals surface area contributed by atoms with E-state index >= 15 is 0 Å². The molecule has 0 saturated carbocycles. The number of rotatable bonds is 5. The van der Waals surface area contributed by atoms with E-state index in [1.807, 2.05) is 0 Å². The molecule has 0 radical (unpaired) electrons. The molecule has 2 atom stereocenters. The maximum Gasteiger partial charge on any atom is 0.237 e. The van der Waals surface area contributed by atoms with Crippen molar-refractivity contribution in [3.05, 3.63) is 29.8 Å². The van der Waals surface area contributed by atoms with E-state index in [2.05, 4.69) is 10.6 Å². The van der Waals surface area contributed by atoms with Crippen LogP contribution >= 0.6 is 0 Å². The second kappa shape index (κ2) is 6.55. The molecule has 1 amide bonds. The summed E-state index contributed by atoms with van der Waals surface area (Å²) >= 11 is 0. The van der Waals surface area contributed by atoms with Crippen molar-refractivity contribution in [2.75, 3.05) is 19.3 Å². The quantitative estimate of drug-likeness (QED) is 0.711. The van der Waals surface area contributed by atoms with Crippen molar-refractivity contribution >= 4 is 15.7 Å². The number of nitrogens with one attached hydrogen (secondary N) is 2. The number of sulfone groups is 1. The molecular formula is C14H20N2O4S. The minimum absolute atomic E-state index is 0.0409. The number of aliphatic hydroxyl groups is 1. The monoisotopic (exact) mass is 312 g/mol. The first kappa shape index (κ1) is 15.9. The molecule has 0 aromatic heterocycles. The third-order valence-electron chi connectivity index (χ3n) is 3.54. The molecule has 0 bridgehead atoms. The Bertz CT molecular complexity index is 598. The molecule has 0 aliphatic carbocycles. The Morgan fingerprint density at radius 2 is 2.05 bits per heavy atom. The third kappa shape index (κ3) is 4.26.